The molecular formula is C46H51N3O6S. The van der Waals surface area contributed by atoms with Gasteiger partial charge in [-0.25, -0.2) is 0 Å². The predicted molar refractivity (Wildman–Crippen MR) is 223 cm³/mol. The lowest BCUT2D eigenvalue weighted by molar-refractivity contribution is -0.245. The van der Waals surface area contributed by atoms with Crippen molar-refractivity contribution in [2.45, 2.75) is 81.5 Å². The van der Waals surface area contributed by atoms with Crippen LogP contribution < -0.4 is 21.1 Å². The second-order valence-corrected chi connectivity index (χ2v) is 15.0. The molecule has 1 heterocycles. The monoisotopic (exact) mass is 773 g/mol. The molecule has 1 saturated heterocycles. The molecule has 0 bridgehead atoms. The smallest absolute Gasteiger partial charge is 0.224 e. The van der Waals surface area contributed by atoms with Crippen LogP contribution in [0.3, 0.4) is 0 Å². The van der Waals surface area contributed by atoms with Crippen molar-refractivity contribution < 1.29 is 28.9 Å². The maximum atomic E-state index is 12.6. The Morgan fingerprint density at radius 3 is 2.23 bits per heavy atom. The van der Waals surface area contributed by atoms with Crippen LogP contribution in [0.5, 0.6) is 5.75 Å². The molecule has 1 aliphatic heterocycles. The van der Waals surface area contributed by atoms with Crippen LogP contribution in [0.15, 0.2) is 126 Å². The van der Waals surface area contributed by atoms with Crippen molar-refractivity contribution in [1.29, 1.82) is 0 Å². The number of carbonyl (C=O) groups is 2. The molecule has 9 nitrogen and oxygen atoms in total. The number of benzene rings is 5. The Morgan fingerprint density at radius 2 is 1.48 bits per heavy atom. The molecule has 3 atom stereocenters. The van der Waals surface area contributed by atoms with Crippen molar-refractivity contribution in [2.75, 3.05) is 23.9 Å². The van der Waals surface area contributed by atoms with E-state index in [1.54, 1.807) is 31.0 Å². The van der Waals surface area contributed by atoms with E-state index in [0.29, 0.717) is 37.2 Å². The van der Waals surface area contributed by atoms with E-state index in [2.05, 4.69) is 53.1 Å². The summed E-state index contributed by atoms with van der Waals surface area (Å²) in [6.07, 6.45) is 4.09. The number of nitrogens with two attached hydrogens (primary N) is 1. The Labute approximate surface area is 334 Å². The van der Waals surface area contributed by atoms with Crippen molar-refractivity contribution in [3.8, 4) is 16.9 Å². The summed E-state index contributed by atoms with van der Waals surface area (Å²) in [6, 6.07) is 39.7. The van der Waals surface area contributed by atoms with Crippen LogP contribution in [-0.4, -0.2) is 35.9 Å². The molecule has 6 rings (SSSR count). The number of amides is 2. The number of para-hydroxylation sites is 3. The van der Waals surface area contributed by atoms with E-state index in [1.807, 2.05) is 66.7 Å². The largest absolute Gasteiger partial charge is 0.496 e. The first-order valence-electron chi connectivity index (χ1n) is 19.2. The van der Waals surface area contributed by atoms with Gasteiger partial charge in [-0.15, -0.1) is 11.8 Å². The Hall–Kier alpha value is -5.13. The second-order valence-electron chi connectivity index (χ2n) is 14.0. The fourth-order valence-corrected chi connectivity index (χ4v) is 7.72. The van der Waals surface area contributed by atoms with Crippen LogP contribution in [-0.2, 0) is 32.2 Å². The summed E-state index contributed by atoms with van der Waals surface area (Å²) < 4.78 is 18.7. The molecule has 5 N–H and O–H groups in total. The van der Waals surface area contributed by atoms with Crippen LogP contribution >= 0.6 is 11.8 Å². The molecule has 1 aliphatic rings. The zero-order valence-corrected chi connectivity index (χ0v) is 32.6. The maximum absolute atomic E-state index is 12.6. The Kier molecular flexibility index (Phi) is 15.0. The molecule has 0 aromatic heterocycles. The van der Waals surface area contributed by atoms with Gasteiger partial charge in [0.2, 0.25) is 11.8 Å². The third-order valence-electron chi connectivity index (χ3n) is 9.83. The highest BCUT2D eigenvalue weighted by Gasteiger charge is 2.32. The standard InChI is InChI=1S/C46H51N3O6S/c1-53-41-15-8-9-16-43(41)56-31-38-28-42(35-21-19-32(30-50)20-22-35)55-46(54-38)36-25-23-34(24-26-36)37-12-10-11-33(27-37)29-48-44(51)17-4-2-3-5-18-45(52)49-40-14-7-6-13-39(40)47/h6-16,19-27,38,42,46,50H,2-5,17-18,28-31,47H2,1H3,(H,48,51)(H,49,52)/t38-,42+,46+/m1/s1. The number of aliphatic hydroxyl groups is 1. The quantitative estimate of drug-likeness (QED) is 0.0394. The van der Waals surface area contributed by atoms with E-state index in [0.717, 1.165) is 75.5 Å². The van der Waals surface area contributed by atoms with E-state index < -0.39 is 6.29 Å². The van der Waals surface area contributed by atoms with Crippen molar-refractivity contribution in [3.63, 3.8) is 0 Å². The van der Waals surface area contributed by atoms with E-state index in [-0.39, 0.29) is 30.6 Å². The van der Waals surface area contributed by atoms with Gasteiger partial charge < -0.3 is 35.7 Å². The number of thioether (sulfide) groups is 1. The summed E-state index contributed by atoms with van der Waals surface area (Å²) in [6.45, 7) is 0.448. The van der Waals surface area contributed by atoms with Gasteiger partial charge in [-0.1, -0.05) is 104 Å². The average Bonchev–Trinajstić information content (AvgIpc) is 3.24. The number of nitrogens with one attached hydrogen (secondary N) is 2. The van der Waals surface area contributed by atoms with Gasteiger partial charge in [0.25, 0.3) is 0 Å². The van der Waals surface area contributed by atoms with Crippen LogP contribution in [0.25, 0.3) is 11.1 Å². The normalized spacial score (nSPS) is 16.6. The molecule has 0 radical (unpaired) electrons. The van der Waals surface area contributed by atoms with Crippen molar-refractivity contribution in [2.24, 2.45) is 0 Å². The fraction of sp³-hybridized carbons (Fsp3) is 0.304. The summed E-state index contributed by atoms with van der Waals surface area (Å²) in [5, 5.41) is 15.5. The lowest BCUT2D eigenvalue weighted by atomic mass is 9.99. The van der Waals surface area contributed by atoms with Crippen molar-refractivity contribution in [3.05, 3.63) is 144 Å². The number of unbranched alkanes of at least 4 members (excludes halogenated alkanes) is 3. The molecule has 2 amide bonds. The zero-order chi connectivity index (χ0) is 39.1. The highest BCUT2D eigenvalue weighted by atomic mass is 32.2. The fourth-order valence-electron chi connectivity index (χ4n) is 6.67. The molecule has 0 saturated carbocycles. The lowest BCUT2D eigenvalue weighted by Gasteiger charge is -2.36. The third-order valence-corrected chi connectivity index (χ3v) is 11.0. The van der Waals surface area contributed by atoms with Crippen LogP contribution in [0.2, 0.25) is 0 Å². The summed E-state index contributed by atoms with van der Waals surface area (Å²) in [5.74, 6) is 1.55. The highest BCUT2D eigenvalue weighted by molar-refractivity contribution is 7.99. The molecule has 56 heavy (non-hydrogen) atoms. The first-order valence-corrected chi connectivity index (χ1v) is 20.2. The number of ether oxygens (including phenoxy) is 3. The second kappa shape index (κ2) is 20.7. The van der Waals surface area contributed by atoms with Gasteiger partial charge >= 0.3 is 0 Å². The Morgan fingerprint density at radius 1 is 0.768 bits per heavy atom. The van der Waals surface area contributed by atoms with Gasteiger partial charge in [-0.05, 0) is 71.0 Å². The molecule has 1 fully saturated rings. The molecular weight excluding hydrogens is 723 g/mol. The van der Waals surface area contributed by atoms with Gasteiger partial charge in [-0.3, -0.25) is 9.59 Å². The Bertz CT molecular complexity index is 2020. The first-order chi connectivity index (χ1) is 27.4. The highest BCUT2D eigenvalue weighted by Crippen LogP contribution is 2.41. The minimum atomic E-state index is -0.552. The zero-order valence-electron chi connectivity index (χ0n) is 31.8. The number of hydrogen-bond acceptors (Lipinski definition) is 8. The molecule has 0 unspecified atom stereocenters. The summed E-state index contributed by atoms with van der Waals surface area (Å²) in [4.78, 5) is 25.9. The summed E-state index contributed by atoms with van der Waals surface area (Å²) >= 11 is 1.71. The molecule has 5 aromatic rings. The van der Waals surface area contributed by atoms with Crippen LogP contribution in [0.4, 0.5) is 11.4 Å². The van der Waals surface area contributed by atoms with Gasteiger partial charge in [0.15, 0.2) is 6.29 Å². The number of aliphatic hydroxyl groups excluding tert-OH is 1. The van der Waals surface area contributed by atoms with E-state index in [4.69, 9.17) is 19.9 Å². The van der Waals surface area contributed by atoms with E-state index in [9.17, 15) is 14.7 Å². The predicted octanol–water partition coefficient (Wildman–Crippen LogP) is 9.37. The minimum absolute atomic E-state index is 0.00218. The average molecular weight is 774 g/mol. The van der Waals surface area contributed by atoms with Crippen molar-refractivity contribution >= 4 is 35.0 Å². The first kappa shape index (κ1) is 40.5. The SMILES string of the molecule is COc1ccccc1SC[C@H]1C[C@@H](c2ccc(CO)cc2)O[C@@H](c2ccc(-c3cccc(CNC(=O)CCCCCCC(=O)Nc4ccccc4N)c3)cc2)O1. The van der Waals surface area contributed by atoms with Gasteiger partial charge in [-0.2, -0.15) is 0 Å². The van der Waals surface area contributed by atoms with E-state index >= 15 is 0 Å². The lowest BCUT2D eigenvalue weighted by Crippen LogP contribution is -2.31. The molecule has 5 aromatic carbocycles. The summed E-state index contributed by atoms with van der Waals surface area (Å²) in [7, 11) is 1.69. The molecule has 10 heteroatoms. The number of carbonyl (C=O) groups excluding carboxylic acids is 2. The molecule has 0 aliphatic carbocycles. The van der Waals surface area contributed by atoms with Crippen molar-refractivity contribution in [1.82, 2.24) is 5.32 Å². The molecule has 0 spiro atoms. The maximum Gasteiger partial charge on any atom is 0.224 e. The van der Waals surface area contributed by atoms with Gasteiger partial charge in [0.05, 0.1) is 37.3 Å². The topological polar surface area (TPSA) is 132 Å². The number of anilines is 2. The summed E-state index contributed by atoms with van der Waals surface area (Å²) in [5.41, 5.74) is 13.1. The van der Waals surface area contributed by atoms with Gasteiger partial charge in [0.1, 0.15) is 5.75 Å². The number of hydrogen-bond donors (Lipinski definition) is 4. The van der Waals surface area contributed by atoms with E-state index in [1.165, 1.54) is 0 Å². The van der Waals surface area contributed by atoms with Gasteiger partial charge in [0, 0.05) is 42.0 Å². The van der Waals surface area contributed by atoms with Crippen LogP contribution in [0, 0.1) is 0 Å². The number of nitrogen functional groups attached to an aromatic ring is 1. The minimum Gasteiger partial charge on any atom is -0.496 e. The van der Waals surface area contributed by atoms with Crippen LogP contribution in [0.1, 0.15) is 79.6 Å². The number of methoxy groups -OCH3 is 1. The Balaban J connectivity index is 0.990. The number of rotatable bonds is 18. The third kappa shape index (κ3) is 11.7. The molecule has 292 valence electrons.